The molecule has 1 aliphatic heterocycles. The molecule has 180 valence electrons. The van der Waals surface area contributed by atoms with Gasteiger partial charge in [0, 0.05) is 36.5 Å². The Morgan fingerprint density at radius 3 is 2.54 bits per heavy atom. The summed E-state index contributed by atoms with van der Waals surface area (Å²) < 4.78 is 39.8. The number of hydrogen-bond acceptors (Lipinski definition) is 7. The SMILES string of the molecule is COc1cc(OC)c(F)c(-c2ncc3c(-c4ccc5c(c4)CN(CC(C)O)C5=O)[nH]nc3n2)c1F. The summed E-state index contributed by atoms with van der Waals surface area (Å²) >= 11 is 0. The predicted octanol–water partition coefficient (Wildman–Crippen LogP) is 3.32. The minimum absolute atomic E-state index is 0.132. The van der Waals surface area contributed by atoms with Gasteiger partial charge in [-0.1, -0.05) is 6.07 Å². The summed E-state index contributed by atoms with van der Waals surface area (Å²) in [5.74, 6) is -2.66. The lowest BCUT2D eigenvalue weighted by atomic mass is 10.0. The fourth-order valence-electron chi connectivity index (χ4n) is 4.23. The summed E-state index contributed by atoms with van der Waals surface area (Å²) in [6.45, 7) is 2.26. The first-order chi connectivity index (χ1) is 16.8. The van der Waals surface area contributed by atoms with Crippen molar-refractivity contribution >= 4 is 16.9 Å². The van der Waals surface area contributed by atoms with E-state index in [1.165, 1.54) is 20.4 Å². The Morgan fingerprint density at radius 1 is 1.17 bits per heavy atom. The van der Waals surface area contributed by atoms with Gasteiger partial charge in [0.2, 0.25) is 0 Å². The largest absolute Gasteiger partial charge is 0.494 e. The molecule has 0 bridgehead atoms. The summed E-state index contributed by atoms with van der Waals surface area (Å²) in [4.78, 5) is 22.6. The van der Waals surface area contributed by atoms with Crippen LogP contribution in [-0.2, 0) is 6.54 Å². The second-order valence-electron chi connectivity index (χ2n) is 8.22. The molecule has 0 saturated heterocycles. The third-order valence-corrected chi connectivity index (χ3v) is 5.87. The molecule has 1 amide bonds. The van der Waals surface area contributed by atoms with Crippen LogP contribution in [0, 0.1) is 11.6 Å². The number of H-pyrrole nitrogens is 1. The van der Waals surface area contributed by atoms with Crippen LogP contribution in [0.5, 0.6) is 11.5 Å². The molecule has 11 heteroatoms. The average Bonchev–Trinajstić information content (AvgIpc) is 3.39. The van der Waals surface area contributed by atoms with Gasteiger partial charge in [-0.05, 0) is 24.6 Å². The van der Waals surface area contributed by atoms with Crippen molar-refractivity contribution in [1.29, 1.82) is 0 Å². The lowest BCUT2D eigenvalue weighted by Crippen LogP contribution is -2.31. The van der Waals surface area contributed by atoms with Gasteiger partial charge in [0.25, 0.3) is 5.91 Å². The van der Waals surface area contributed by atoms with Crippen molar-refractivity contribution in [3.8, 4) is 34.1 Å². The second-order valence-corrected chi connectivity index (χ2v) is 8.22. The van der Waals surface area contributed by atoms with Crippen molar-refractivity contribution < 1.29 is 28.2 Å². The third-order valence-electron chi connectivity index (χ3n) is 5.87. The summed E-state index contributed by atoms with van der Waals surface area (Å²) in [6, 6.07) is 6.47. The first-order valence-electron chi connectivity index (χ1n) is 10.7. The van der Waals surface area contributed by atoms with Crippen molar-refractivity contribution in [2.75, 3.05) is 20.8 Å². The number of hydrogen-bond donors (Lipinski definition) is 2. The summed E-state index contributed by atoms with van der Waals surface area (Å²) in [5, 5.41) is 17.3. The minimum Gasteiger partial charge on any atom is -0.494 e. The zero-order valence-electron chi connectivity index (χ0n) is 19.1. The van der Waals surface area contributed by atoms with E-state index in [9.17, 15) is 18.7 Å². The molecule has 0 aliphatic carbocycles. The maximum absolute atomic E-state index is 14.9. The van der Waals surface area contributed by atoms with Crippen LogP contribution in [0.3, 0.4) is 0 Å². The third kappa shape index (κ3) is 3.73. The fourth-order valence-corrected chi connectivity index (χ4v) is 4.23. The number of nitrogens with one attached hydrogen (secondary N) is 1. The molecule has 1 aliphatic rings. The van der Waals surface area contributed by atoms with Crippen LogP contribution in [0.4, 0.5) is 8.78 Å². The molecule has 0 radical (unpaired) electrons. The molecule has 2 N–H and O–H groups in total. The van der Waals surface area contributed by atoms with E-state index in [0.717, 1.165) is 17.2 Å². The van der Waals surface area contributed by atoms with Crippen molar-refractivity contribution in [1.82, 2.24) is 25.1 Å². The molecule has 4 aromatic rings. The number of aromatic amines is 1. The van der Waals surface area contributed by atoms with E-state index in [0.29, 0.717) is 23.2 Å². The van der Waals surface area contributed by atoms with Crippen LogP contribution < -0.4 is 9.47 Å². The molecule has 1 unspecified atom stereocenters. The number of amides is 1. The van der Waals surface area contributed by atoms with Crippen molar-refractivity contribution in [2.24, 2.45) is 0 Å². The molecule has 9 nitrogen and oxygen atoms in total. The monoisotopic (exact) mass is 481 g/mol. The van der Waals surface area contributed by atoms with Crippen molar-refractivity contribution in [2.45, 2.75) is 19.6 Å². The maximum atomic E-state index is 14.9. The molecule has 0 spiro atoms. The van der Waals surface area contributed by atoms with Gasteiger partial charge >= 0.3 is 0 Å². The summed E-state index contributed by atoms with van der Waals surface area (Å²) in [5.41, 5.74) is 2.46. The van der Waals surface area contributed by atoms with Crippen LogP contribution in [0.1, 0.15) is 22.8 Å². The highest BCUT2D eigenvalue weighted by Crippen LogP contribution is 2.37. The topological polar surface area (TPSA) is 113 Å². The summed E-state index contributed by atoms with van der Waals surface area (Å²) in [7, 11) is 2.52. The van der Waals surface area contributed by atoms with Crippen LogP contribution in [0.2, 0.25) is 0 Å². The van der Waals surface area contributed by atoms with Crippen LogP contribution in [0.25, 0.3) is 33.7 Å². The summed E-state index contributed by atoms with van der Waals surface area (Å²) in [6.07, 6.45) is 0.800. The van der Waals surface area contributed by atoms with E-state index in [4.69, 9.17) is 9.47 Å². The molecule has 5 rings (SSSR count). The molecule has 2 aromatic carbocycles. The predicted molar refractivity (Wildman–Crippen MR) is 122 cm³/mol. The van der Waals surface area contributed by atoms with Gasteiger partial charge in [-0.15, -0.1) is 0 Å². The number of fused-ring (bicyclic) bond motifs is 2. The van der Waals surface area contributed by atoms with E-state index in [2.05, 4.69) is 20.2 Å². The number of aromatic nitrogens is 4. The van der Waals surface area contributed by atoms with Crippen LogP contribution in [-0.4, -0.2) is 62.9 Å². The van der Waals surface area contributed by atoms with Gasteiger partial charge in [-0.2, -0.15) is 5.10 Å². The smallest absolute Gasteiger partial charge is 0.254 e. The van der Waals surface area contributed by atoms with E-state index >= 15 is 0 Å². The number of carbonyl (C=O) groups excluding carboxylic acids is 1. The molecular formula is C24H21F2N5O4. The Balaban J connectivity index is 1.54. The number of aliphatic hydroxyl groups is 1. The number of benzene rings is 2. The fraction of sp³-hybridized carbons (Fsp3) is 0.250. The maximum Gasteiger partial charge on any atom is 0.254 e. The van der Waals surface area contributed by atoms with Gasteiger partial charge in [0.15, 0.2) is 34.6 Å². The molecule has 2 aromatic heterocycles. The van der Waals surface area contributed by atoms with Crippen molar-refractivity contribution in [3.05, 3.63) is 53.2 Å². The molecule has 0 saturated carbocycles. The lowest BCUT2D eigenvalue weighted by molar-refractivity contribution is 0.0672. The molecular weight excluding hydrogens is 460 g/mol. The van der Waals surface area contributed by atoms with E-state index in [1.807, 2.05) is 6.07 Å². The highest BCUT2D eigenvalue weighted by Gasteiger charge is 2.29. The Labute approximate surface area is 198 Å². The van der Waals surface area contributed by atoms with Crippen molar-refractivity contribution in [3.63, 3.8) is 0 Å². The highest BCUT2D eigenvalue weighted by molar-refractivity contribution is 6.00. The number of ether oxygens (including phenoxy) is 2. The molecule has 1 atom stereocenters. The standard InChI is InChI=1S/C24H21F2N5O4/c1-11(32)9-31-10-13-6-12(4-5-14(13)24(31)33)21-15-8-27-23(28-22(15)30-29-21)18-19(25)16(34-2)7-17(35-3)20(18)26/h4-8,11,32H,9-10H2,1-3H3,(H,27,28,29,30). The van der Waals surface area contributed by atoms with E-state index in [-0.39, 0.29) is 35.4 Å². The number of rotatable bonds is 6. The van der Waals surface area contributed by atoms with Gasteiger partial charge < -0.3 is 19.5 Å². The van der Waals surface area contributed by atoms with E-state index in [1.54, 1.807) is 24.0 Å². The minimum atomic E-state index is -0.953. The molecule has 3 heterocycles. The van der Waals surface area contributed by atoms with Gasteiger partial charge in [-0.25, -0.2) is 18.7 Å². The van der Waals surface area contributed by atoms with Crippen LogP contribution in [0.15, 0.2) is 30.5 Å². The quantitative estimate of drug-likeness (QED) is 0.434. The molecule has 35 heavy (non-hydrogen) atoms. The zero-order valence-corrected chi connectivity index (χ0v) is 19.1. The van der Waals surface area contributed by atoms with Crippen LogP contribution >= 0.6 is 0 Å². The number of carbonyl (C=O) groups is 1. The number of nitrogens with zero attached hydrogens (tertiary/aromatic N) is 4. The number of methoxy groups -OCH3 is 2. The highest BCUT2D eigenvalue weighted by atomic mass is 19.1. The zero-order chi connectivity index (χ0) is 24.9. The normalized spacial score (nSPS) is 13.9. The average molecular weight is 481 g/mol. The number of halogens is 2. The lowest BCUT2D eigenvalue weighted by Gasteiger charge is -2.16. The first kappa shape index (κ1) is 22.7. The van der Waals surface area contributed by atoms with Gasteiger partial charge in [0.1, 0.15) is 0 Å². The number of aliphatic hydroxyl groups excluding tert-OH is 1. The van der Waals surface area contributed by atoms with Gasteiger partial charge in [-0.3, -0.25) is 9.89 Å². The molecule has 0 fully saturated rings. The Kier molecular flexibility index (Phi) is 5.56. The first-order valence-corrected chi connectivity index (χ1v) is 10.7. The second kappa shape index (κ2) is 8.58. The Bertz CT molecular complexity index is 1440. The van der Waals surface area contributed by atoms with E-state index < -0.39 is 23.3 Å². The van der Waals surface area contributed by atoms with Gasteiger partial charge in [0.05, 0.1) is 37.0 Å². The Hall–Kier alpha value is -4.12. The Morgan fingerprint density at radius 2 is 1.89 bits per heavy atom. The number of β-amino-alcohol motifs (C(OH)–C–C–N with tert-alkyl or cyclic N) is 1.